The summed E-state index contributed by atoms with van der Waals surface area (Å²) in [7, 11) is 0. The van der Waals surface area contributed by atoms with Crippen molar-refractivity contribution in [1.82, 2.24) is 19.4 Å². The fraction of sp³-hybridized carbons (Fsp3) is 0.417. The quantitative estimate of drug-likeness (QED) is 0.266. The zero-order valence-electron chi connectivity index (χ0n) is 24.5. The van der Waals surface area contributed by atoms with Gasteiger partial charge in [0.2, 0.25) is 0 Å². The fourth-order valence-corrected chi connectivity index (χ4v) is 8.27. The SMILES string of the molecule is Cc1nc2ccccc2n1C1C[C@H]2CC[C@@H](C1)N2CCC1(c2ccccc2)CCN(C(=O)c2ccc(C#N)cc2)CC1. The van der Waals surface area contributed by atoms with Crippen LogP contribution in [0.4, 0.5) is 0 Å². The third kappa shape index (κ3) is 4.80. The van der Waals surface area contributed by atoms with Gasteiger partial charge in [0.05, 0.1) is 22.7 Å². The average Bonchev–Trinajstić information content (AvgIpc) is 3.50. The molecule has 214 valence electrons. The van der Waals surface area contributed by atoms with Crippen LogP contribution in [0.25, 0.3) is 11.0 Å². The summed E-state index contributed by atoms with van der Waals surface area (Å²) in [4.78, 5) is 23.0. The minimum atomic E-state index is 0.0728. The van der Waals surface area contributed by atoms with E-state index in [1.165, 1.54) is 36.8 Å². The van der Waals surface area contributed by atoms with Crippen LogP contribution in [0.15, 0.2) is 78.9 Å². The first-order valence-corrected chi connectivity index (χ1v) is 15.6. The van der Waals surface area contributed by atoms with Gasteiger partial charge in [-0.05, 0) is 106 Å². The van der Waals surface area contributed by atoms with E-state index < -0.39 is 0 Å². The summed E-state index contributed by atoms with van der Waals surface area (Å²) < 4.78 is 2.52. The second kappa shape index (κ2) is 11.0. The topological polar surface area (TPSA) is 65.2 Å². The Morgan fingerprint density at radius 2 is 1.57 bits per heavy atom. The maximum Gasteiger partial charge on any atom is 0.253 e. The molecule has 2 bridgehead atoms. The molecule has 4 heterocycles. The highest BCUT2D eigenvalue weighted by atomic mass is 16.2. The van der Waals surface area contributed by atoms with Crippen molar-refractivity contribution >= 4 is 16.9 Å². The number of carbonyl (C=O) groups excluding carboxylic acids is 1. The van der Waals surface area contributed by atoms with Crippen LogP contribution < -0.4 is 0 Å². The molecule has 1 unspecified atom stereocenters. The van der Waals surface area contributed by atoms with Gasteiger partial charge >= 0.3 is 0 Å². The number of carbonyl (C=O) groups is 1. The minimum Gasteiger partial charge on any atom is -0.339 e. The normalized spacial score (nSPS) is 23.6. The maximum absolute atomic E-state index is 13.3. The number of aryl methyl sites for hydroxylation is 1. The van der Waals surface area contributed by atoms with E-state index in [1.807, 2.05) is 4.90 Å². The molecule has 1 amide bonds. The minimum absolute atomic E-state index is 0.0728. The molecular formula is C36H39N5O. The highest BCUT2D eigenvalue weighted by molar-refractivity contribution is 5.94. The van der Waals surface area contributed by atoms with Gasteiger partial charge < -0.3 is 9.47 Å². The Bertz CT molecular complexity index is 1600. The van der Waals surface area contributed by atoms with Gasteiger partial charge in [-0.1, -0.05) is 42.5 Å². The number of amides is 1. The molecule has 0 radical (unpaired) electrons. The molecule has 3 saturated heterocycles. The lowest BCUT2D eigenvalue weighted by Gasteiger charge is -2.45. The summed E-state index contributed by atoms with van der Waals surface area (Å²) in [5, 5.41) is 9.12. The molecule has 3 aromatic carbocycles. The number of piperidine rings is 2. The Hall–Kier alpha value is -3.95. The number of hydrogen-bond donors (Lipinski definition) is 0. The molecule has 0 N–H and O–H groups in total. The molecule has 6 nitrogen and oxygen atoms in total. The van der Waals surface area contributed by atoms with Gasteiger partial charge in [0, 0.05) is 36.8 Å². The van der Waals surface area contributed by atoms with Crippen LogP contribution in [0.1, 0.15) is 78.3 Å². The fourth-order valence-electron chi connectivity index (χ4n) is 8.27. The van der Waals surface area contributed by atoms with Gasteiger partial charge in [-0.25, -0.2) is 4.98 Å². The summed E-state index contributed by atoms with van der Waals surface area (Å²) in [5.41, 5.74) is 5.13. The largest absolute Gasteiger partial charge is 0.339 e. The standard InChI is InChI=1S/C36H39N5O/c1-26-38-33-9-5-6-10-34(33)41(26)32-23-30-15-16-31(24-32)40(30)22-19-36(29-7-3-2-4-8-29)17-20-39(21-18-36)35(42)28-13-11-27(25-37)12-14-28/h2-14,30-32H,15-24H2,1H3/t30-,31+,32?. The molecule has 7 rings (SSSR count). The number of hydrogen-bond acceptors (Lipinski definition) is 4. The number of rotatable bonds is 6. The first-order valence-electron chi connectivity index (χ1n) is 15.6. The zero-order valence-corrected chi connectivity index (χ0v) is 24.5. The number of benzene rings is 3. The number of para-hydroxylation sites is 2. The third-order valence-electron chi connectivity index (χ3n) is 10.5. The van der Waals surface area contributed by atoms with Gasteiger partial charge in [-0.15, -0.1) is 0 Å². The molecule has 3 aliphatic rings. The van der Waals surface area contributed by atoms with Crippen molar-refractivity contribution in [3.05, 3.63) is 101 Å². The van der Waals surface area contributed by atoms with Gasteiger partial charge in [-0.3, -0.25) is 9.69 Å². The van der Waals surface area contributed by atoms with Crippen molar-refractivity contribution in [3.63, 3.8) is 0 Å². The van der Waals surface area contributed by atoms with E-state index in [4.69, 9.17) is 10.2 Å². The number of aromatic nitrogens is 2. The van der Waals surface area contributed by atoms with Crippen molar-refractivity contribution in [2.24, 2.45) is 0 Å². The molecule has 3 fully saturated rings. The monoisotopic (exact) mass is 557 g/mol. The zero-order chi connectivity index (χ0) is 28.7. The summed E-state index contributed by atoms with van der Waals surface area (Å²) in [6, 6.07) is 30.6. The smallest absolute Gasteiger partial charge is 0.253 e. The number of imidazole rings is 1. The third-order valence-corrected chi connectivity index (χ3v) is 10.5. The van der Waals surface area contributed by atoms with Crippen LogP contribution in [-0.4, -0.2) is 57.0 Å². The highest BCUT2D eigenvalue weighted by Gasteiger charge is 2.44. The van der Waals surface area contributed by atoms with Crippen LogP contribution in [0.5, 0.6) is 0 Å². The second-order valence-electron chi connectivity index (χ2n) is 12.6. The molecular weight excluding hydrogens is 518 g/mol. The van der Waals surface area contributed by atoms with Gasteiger partial charge in [0.25, 0.3) is 5.91 Å². The molecule has 42 heavy (non-hydrogen) atoms. The molecule has 6 heteroatoms. The Morgan fingerprint density at radius 1 is 0.905 bits per heavy atom. The van der Waals surface area contributed by atoms with E-state index in [-0.39, 0.29) is 11.3 Å². The maximum atomic E-state index is 13.3. The van der Waals surface area contributed by atoms with Crippen molar-refractivity contribution in [2.45, 2.75) is 75.4 Å². The van der Waals surface area contributed by atoms with E-state index in [0.29, 0.717) is 29.3 Å². The van der Waals surface area contributed by atoms with Crippen molar-refractivity contribution in [2.75, 3.05) is 19.6 Å². The van der Waals surface area contributed by atoms with Crippen LogP contribution in [0, 0.1) is 18.3 Å². The van der Waals surface area contributed by atoms with E-state index in [9.17, 15) is 4.79 Å². The van der Waals surface area contributed by atoms with Gasteiger partial charge in [0.1, 0.15) is 5.82 Å². The van der Waals surface area contributed by atoms with Crippen molar-refractivity contribution in [1.29, 1.82) is 5.26 Å². The van der Waals surface area contributed by atoms with Crippen LogP contribution >= 0.6 is 0 Å². The van der Waals surface area contributed by atoms with Crippen LogP contribution in [-0.2, 0) is 5.41 Å². The first-order chi connectivity index (χ1) is 20.5. The number of fused-ring (bicyclic) bond motifs is 3. The Labute approximate surface area is 248 Å². The number of nitriles is 1. The van der Waals surface area contributed by atoms with Crippen molar-refractivity contribution < 1.29 is 4.79 Å². The molecule has 3 aliphatic heterocycles. The number of likely N-dealkylation sites (tertiary alicyclic amines) is 1. The van der Waals surface area contributed by atoms with E-state index in [2.05, 4.69) is 77.1 Å². The highest BCUT2D eigenvalue weighted by Crippen LogP contribution is 2.45. The lowest BCUT2D eigenvalue weighted by molar-refractivity contribution is 0.0607. The Balaban J connectivity index is 1.05. The summed E-state index contributed by atoms with van der Waals surface area (Å²) in [6.45, 7) is 4.80. The van der Waals surface area contributed by atoms with Crippen LogP contribution in [0.3, 0.4) is 0 Å². The number of nitrogens with zero attached hydrogens (tertiary/aromatic N) is 5. The summed E-state index contributed by atoms with van der Waals surface area (Å²) >= 11 is 0. The predicted molar refractivity (Wildman–Crippen MR) is 165 cm³/mol. The lowest BCUT2D eigenvalue weighted by Crippen LogP contribution is -2.49. The second-order valence-corrected chi connectivity index (χ2v) is 12.6. The molecule has 0 saturated carbocycles. The molecule has 4 aromatic rings. The summed E-state index contributed by atoms with van der Waals surface area (Å²) in [6.07, 6.45) is 8.05. The van der Waals surface area contributed by atoms with Gasteiger partial charge in [0.15, 0.2) is 0 Å². The van der Waals surface area contributed by atoms with E-state index in [0.717, 1.165) is 50.2 Å². The van der Waals surface area contributed by atoms with E-state index in [1.54, 1.807) is 24.3 Å². The molecule has 1 aromatic heterocycles. The van der Waals surface area contributed by atoms with Gasteiger partial charge in [-0.2, -0.15) is 5.26 Å². The molecule has 0 spiro atoms. The van der Waals surface area contributed by atoms with Crippen molar-refractivity contribution in [3.8, 4) is 6.07 Å². The average molecular weight is 558 g/mol. The molecule has 3 atom stereocenters. The van der Waals surface area contributed by atoms with Crippen LogP contribution in [0.2, 0.25) is 0 Å². The molecule has 0 aliphatic carbocycles. The van der Waals surface area contributed by atoms with E-state index >= 15 is 0 Å². The Morgan fingerprint density at radius 3 is 2.26 bits per heavy atom. The first kappa shape index (κ1) is 26.9. The predicted octanol–water partition coefficient (Wildman–Crippen LogP) is 6.65. The lowest BCUT2D eigenvalue weighted by atomic mass is 9.70. The summed E-state index contributed by atoms with van der Waals surface area (Å²) in [5.74, 6) is 1.21. The Kier molecular flexibility index (Phi) is 7.07.